The number of hydrogen-bond acceptors (Lipinski definition) is 5. The van der Waals surface area contributed by atoms with Crippen molar-refractivity contribution in [1.29, 1.82) is 0 Å². The van der Waals surface area contributed by atoms with Crippen LogP contribution in [0, 0.1) is 6.92 Å². The number of halogens is 1. The number of piperazine rings is 1. The molecule has 0 atom stereocenters. The van der Waals surface area contributed by atoms with Crippen molar-refractivity contribution in [3.8, 4) is 11.5 Å². The summed E-state index contributed by atoms with van der Waals surface area (Å²) in [6.07, 6.45) is 3.18. The molecule has 3 heterocycles. The van der Waals surface area contributed by atoms with E-state index in [2.05, 4.69) is 20.2 Å². The number of nitrogens with zero attached hydrogens (tertiary/aromatic N) is 4. The Morgan fingerprint density at radius 3 is 2.45 bits per heavy atom. The van der Waals surface area contributed by atoms with Gasteiger partial charge in [-0.05, 0) is 31.2 Å². The van der Waals surface area contributed by atoms with Crippen molar-refractivity contribution in [2.45, 2.75) is 13.5 Å². The van der Waals surface area contributed by atoms with Crippen LogP contribution >= 0.6 is 24.0 Å². The van der Waals surface area contributed by atoms with E-state index in [0.717, 1.165) is 17.2 Å². The first kappa shape index (κ1) is 22.9. The Morgan fingerprint density at radius 1 is 1.10 bits per heavy atom. The van der Waals surface area contributed by atoms with Crippen molar-refractivity contribution in [1.82, 2.24) is 20.1 Å². The highest BCUT2D eigenvalue weighted by molar-refractivity contribution is 14.0. The quantitative estimate of drug-likeness (QED) is 0.313. The van der Waals surface area contributed by atoms with Gasteiger partial charge in [-0.25, -0.2) is 4.98 Å². The van der Waals surface area contributed by atoms with Gasteiger partial charge in [0, 0.05) is 38.8 Å². The number of carbonyl (C=O) groups is 1. The molecule has 31 heavy (non-hydrogen) atoms. The molecule has 9 heteroatoms. The molecular weight excluding hydrogens is 509 g/mol. The van der Waals surface area contributed by atoms with Gasteiger partial charge in [-0.15, -0.1) is 24.0 Å². The van der Waals surface area contributed by atoms with Crippen LogP contribution in [-0.4, -0.2) is 59.9 Å². The lowest BCUT2D eigenvalue weighted by atomic mass is 10.1. The van der Waals surface area contributed by atoms with Gasteiger partial charge in [-0.2, -0.15) is 0 Å². The fourth-order valence-electron chi connectivity index (χ4n) is 3.40. The highest BCUT2D eigenvalue weighted by Gasteiger charge is 2.25. The Bertz CT molecular complexity index is 1010. The first-order valence-corrected chi connectivity index (χ1v) is 9.94. The number of aryl methyl sites for hydroxylation is 1. The number of aromatic nitrogens is 1. The monoisotopic (exact) mass is 535 g/mol. The maximum Gasteiger partial charge on any atom is 0.289 e. The lowest BCUT2D eigenvalue weighted by Gasteiger charge is -2.36. The minimum atomic E-state index is -0.0752. The molecule has 1 saturated heterocycles. The van der Waals surface area contributed by atoms with Crippen LogP contribution in [0.2, 0.25) is 0 Å². The average Bonchev–Trinajstić information content (AvgIpc) is 3.47. The van der Waals surface area contributed by atoms with Crippen molar-refractivity contribution in [3.05, 3.63) is 65.9 Å². The van der Waals surface area contributed by atoms with Gasteiger partial charge < -0.3 is 24.0 Å². The third-order valence-corrected chi connectivity index (χ3v) is 5.09. The second kappa shape index (κ2) is 10.5. The van der Waals surface area contributed by atoms with E-state index in [1.807, 2.05) is 31.2 Å². The lowest BCUT2D eigenvalue weighted by molar-refractivity contribution is 0.0657. The van der Waals surface area contributed by atoms with Gasteiger partial charge >= 0.3 is 0 Å². The summed E-state index contributed by atoms with van der Waals surface area (Å²) in [6, 6.07) is 11.5. The molecular formula is C22H26IN5O3. The van der Waals surface area contributed by atoms with Crippen LogP contribution < -0.4 is 5.32 Å². The maximum absolute atomic E-state index is 12.4. The van der Waals surface area contributed by atoms with E-state index in [0.29, 0.717) is 44.4 Å². The Hall–Kier alpha value is -2.82. The van der Waals surface area contributed by atoms with E-state index in [4.69, 9.17) is 8.83 Å². The summed E-state index contributed by atoms with van der Waals surface area (Å²) < 4.78 is 10.8. The van der Waals surface area contributed by atoms with E-state index in [1.165, 1.54) is 11.8 Å². The standard InChI is InChI=1S/C22H25N5O3.HI/c1-16-5-7-17(8-6-16)20-25-18(15-30-20)14-24-22(23-2)27-11-9-26(10-12-27)21(28)19-4-3-13-29-19;/h3-8,13,15H,9-12,14H2,1-2H3,(H,23,24);1H. The molecule has 8 nitrogen and oxygen atoms in total. The van der Waals surface area contributed by atoms with Crippen molar-refractivity contribution < 1.29 is 13.6 Å². The van der Waals surface area contributed by atoms with Crippen LogP contribution in [-0.2, 0) is 6.54 Å². The average molecular weight is 535 g/mol. The van der Waals surface area contributed by atoms with E-state index in [9.17, 15) is 4.79 Å². The molecule has 1 aromatic carbocycles. The molecule has 1 aliphatic heterocycles. The largest absolute Gasteiger partial charge is 0.459 e. The number of rotatable bonds is 4. The van der Waals surface area contributed by atoms with Gasteiger partial charge in [0.15, 0.2) is 11.7 Å². The van der Waals surface area contributed by atoms with Gasteiger partial charge in [0.1, 0.15) is 6.26 Å². The van der Waals surface area contributed by atoms with Crippen LogP contribution in [0.5, 0.6) is 0 Å². The number of oxazole rings is 1. The smallest absolute Gasteiger partial charge is 0.289 e. The number of carbonyl (C=O) groups excluding carboxylic acids is 1. The van der Waals surface area contributed by atoms with Gasteiger partial charge in [0.05, 0.1) is 18.5 Å². The molecule has 0 unspecified atom stereocenters. The van der Waals surface area contributed by atoms with Crippen LogP contribution in [0.25, 0.3) is 11.5 Å². The summed E-state index contributed by atoms with van der Waals surface area (Å²) in [5.74, 6) is 1.68. The highest BCUT2D eigenvalue weighted by atomic mass is 127. The first-order valence-electron chi connectivity index (χ1n) is 9.94. The Kier molecular flexibility index (Phi) is 7.72. The number of hydrogen-bond donors (Lipinski definition) is 1. The topological polar surface area (TPSA) is 87.1 Å². The Morgan fingerprint density at radius 2 is 1.81 bits per heavy atom. The van der Waals surface area contributed by atoms with Gasteiger partial charge in [0.2, 0.25) is 5.89 Å². The molecule has 164 valence electrons. The molecule has 0 radical (unpaired) electrons. The molecule has 0 spiro atoms. The lowest BCUT2D eigenvalue weighted by Crippen LogP contribution is -2.53. The Labute approximate surface area is 198 Å². The summed E-state index contributed by atoms with van der Waals surface area (Å²) in [5.41, 5.74) is 2.95. The minimum absolute atomic E-state index is 0. The van der Waals surface area contributed by atoms with Crippen molar-refractivity contribution in [2.75, 3.05) is 33.2 Å². The van der Waals surface area contributed by atoms with E-state index in [-0.39, 0.29) is 29.9 Å². The number of aliphatic imine (C=N–C) groups is 1. The van der Waals surface area contributed by atoms with Crippen molar-refractivity contribution >= 4 is 35.8 Å². The highest BCUT2D eigenvalue weighted by Crippen LogP contribution is 2.19. The normalized spacial score (nSPS) is 14.3. The summed E-state index contributed by atoms with van der Waals surface area (Å²) in [7, 11) is 1.75. The van der Waals surface area contributed by atoms with Crippen molar-refractivity contribution in [2.24, 2.45) is 4.99 Å². The third-order valence-electron chi connectivity index (χ3n) is 5.09. The second-order valence-electron chi connectivity index (χ2n) is 7.17. The second-order valence-corrected chi connectivity index (χ2v) is 7.17. The molecule has 2 aromatic heterocycles. The van der Waals surface area contributed by atoms with Crippen LogP contribution in [0.4, 0.5) is 0 Å². The van der Waals surface area contributed by atoms with E-state index >= 15 is 0 Å². The SMILES string of the molecule is CN=C(NCc1coc(-c2ccc(C)cc2)n1)N1CCN(C(=O)c2ccco2)CC1.I. The molecule has 1 fully saturated rings. The van der Waals surface area contributed by atoms with Gasteiger partial charge in [-0.1, -0.05) is 17.7 Å². The van der Waals surface area contributed by atoms with Crippen LogP contribution in [0.1, 0.15) is 21.8 Å². The number of guanidine groups is 1. The maximum atomic E-state index is 12.4. The molecule has 3 aromatic rings. The first-order chi connectivity index (χ1) is 14.6. The number of furan rings is 1. The zero-order valence-electron chi connectivity index (χ0n) is 17.6. The molecule has 0 bridgehead atoms. The molecule has 0 aliphatic carbocycles. The number of benzene rings is 1. The summed E-state index contributed by atoms with van der Waals surface area (Å²) in [5, 5.41) is 3.33. The molecule has 1 aliphatic rings. The molecule has 4 rings (SSSR count). The number of nitrogens with one attached hydrogen (secondary N) is 1. The van der Waals surface area contributed by atoms with Crippen molar-refractivity contribution in [3.63, 3.8) is 0 Å². The van der Waals surface area contributed by atoms with Gasteiger partial charge in [-0.3, -0.25) is 9.79 Å². The fourth-order valence-corrected chi connectivity index (χ4v) is 3.40. The zero-order chi connectivity index (χ0) is 20.9. The predicted octanol–water partition coefficient (Wildman–Crippen LogP) is 3.39. The van der Waals surface area contributed by atoms with E-state index < -0.39 is 0 Å². The predicted molar refractivity (Wildman–Crippen MR) is 128 cm³/mol. The Balaban J connectivity index is 0.00000272. The fraction of sp³-hybridized carbons (Fsp3) is 0.318. The van der Waals surface area contributed by atoms with E-state index in [1.54, 1.807) is 30.3 Å². The number of amides is 1. The zero-order valence-corrected chi connectivity index (χ0v) is 19.9. The summed E-state index contributed by atoms with van der Waals surface area (Å²) in [6.45, 7) is 5.17. The minimum Gasteiger partial charge on any atom is -0.459 e. The van der Waals surface area contributed by atoms with Gasteiger partial charge in [0.25, 0.3) is 5.91 Å². The van der Waals surface area contributed by atoms with Crippen LogP contribution in [0.15, 0.2) is 62.8 Å². The summed E-state index contributed by atoms with van der Waals surface area (Å²) in [4.78, 5) is 25.3. The third kappa shape index (κ3) is 5.46. The van der Waals surface area contributed by atoms with Crippen LogP contribution in [0.3, 0.4) is 0 Å². The summed E-state index contributed by atoms with van der Waals surface area (Å²) >= 11 is 0. The molecule has 0 saturated carbocycles. The molecule has 1 N–H and O–H groups in total. The molecule has 1 amide bonds.